The highest BCUT2D eigenvalue weighted by atomic mass is 16.5. The maximum absolute atomic E-state index is 10.8. The fourth-order valence-electron chi connectivity index (χ4n) is 5.43. The summed E-state index contributed by atoms with van der Waals surface area (Å²) in [7, 11) is 1.69. The van der Waals surface area contributed by atoms with Gasteiger partial charge >= 0.3 is 0 Å². The molecule has 3 heterocycles. The largest absolute Gasteiger partial charge is 0.493 e. The number of aliphatic hydroxyl groups excluding tert-OH is 1. The molecule has 1 aliphatic carbocycles. The molecule has 2 aliphatic heterocycles. The monoisotopic (exact) mass is 424 g/mol. The first-order chi connectivity index (χ1) is 15.2. The number of rotatable bonds is 6. The Bertz CT molecular complexity index is 874. The Balaban J connectivity index is 1.25. The van der Waals surface area contributed by atoms with E-state index in [4.69, 9.17) is 9.47 Å². The van der Waals surface area contributed by atoms with Gasteiger partial charge in [0.05, 0.1) is 19.4 Å². The van der Waals surface area contributed by atoms with Crippen LogP contribution in [0.15, 0.2) is 36.8 Å². The summed E-state index contributed by atoms with van der Waals surface area (Å²) >= 11 is 0. The summed E-state index contributed by atoms with van der Waals surface area (Å²) in [6.45, 7) is 5.14. The number of hydrogen-bond donors (Lipinski definition) is 1. The molecule has 1 saturated carbocycles. The van der Waals surface area contributed by atoms with Crippen molar-refractivity contribution in [2.45, 2.75) is 44.4 Å². The first-order valence-corrected chi connectivity index (χ1v) is 11.4. The molecule has 0 radical (unpaired) electrons. The smallest absolute Gasteiger partial charge is 0.161 e. The Morgan fingerprint density at radius 2 is 1.87 bits per heavy atom. The van der Waals surface area contributed by atoms with Crippen molar-refractivity contribution in [3.63, 3.8) is 0 Å². The van der Waals surface area contributed by atoms with Gasteiger partial charge in [-0.3, -0.25) is 9.88 Å². The molecule has 1 N–H and O–H groups in total. The minimum absolute atomic E-state index is 0.221. The molecule has 0 unspecified atom stereocenters. The van der Waals surface area contributed by atoms with E-state index in [1.807, 2.05) is 12.3 Å². The van der Waals surface area contributed by atoms with Crippen LogP contribution < -0.4 is 14.4 Å². The van der Waals surface area contributed by atoms with Crippen LogP contribution in [-0.4, -0.2) is 65.5 Å². The van der Waals surface area contributed by atoms with Gasteiger partial charge in [0.15, 0.2) is 11.5 Å². The highest BCUT2D eigenvalue weighted by molar-refractivity contribution is 5.43. The standard InChI is InChI=1S/C24H32N4O3/c1-30-23-10-17(14-27-8-2-3-9-27)4-5-21(23)31-22-12-19-16-28(15-18(19)11-20(22)29)24-13-25-6-7-26-24/h4-7,10,13,18-20,22,29H,2-3,8-9,11-12,14-16H2,1H3/t18-,19+,20+,22+/m0/s1. The van der Waals surface area contributed by atoms with Crippen molar-refractivity contribution < 1.29 is 14.6 Å². The van der Waals surface area contributed by atoms with Crippen LogP contribution >= 0.6 is 0 Å². The fourth-order valence-corrected chi connectivity index (χ4v) is 5.43. The van der Waals surface area contributed by atoms with Gasteiger partial charge in [-0.05, 0) is 68.3 Å². The van der Waals surface area contributed by atoms with Gasteiger partial charge in [0.2, 0.25) is 0 Å². The lowest BCUT2D eigenvalue weighted by Crippen LogP contribution is -2.42. The number of nitrogens with zero attached hydrogens (tertiary/aromatic N) is 4. The zero-order valence-corrected chi connectivity index (χ0v) is 18.2. The Kier molecular flexibility index (Phi) is 5.96. The summed E-state index contributed by atoms with van der Waals surface area (Å²) in [5.74, 6) is 3.33. The van der Waals surface area contributed by atoms with Crippen LogP contribution in [0.25, 0.3) is 0 Å². The molecular formula is C24H32N4O3. The zero-order valence-electron chi connectivity index (χ0n) is 18.2. The van der Waals surface area contributed by atoms with E-state index >= 15 is 0 Å². The van der Waals surface area contributed by atoms with E-state index in [0.717, 1.165) is 49.8 Å². The van der Waals surface area contributed by atoms with Crippen LogP contribution in [0.3, 0.4) is 0 Å². The Morgan fingerprint density at radius 3 is 2.61 bits per heavy atom. The maximum atomic E-state index is 10.8. The van der Waals surface area contributed by atoms with E-state index in [9.17, 15) is 5.11 Å². The van der Waals surface area contributed by atoms with Crippen LogP contribution in [-0.2, 0) is 6.54 Å². The van der Waals surface area contributed by atoms with Gasteiger partial charge in [-0.1, -0.05) is 6.07 Å². The molecule has 2 saturated heterocycles. The van der Waals surface area contributed by atoms with Gasteiger partial charge in [0, 0.05) is 32.0 Å². The van der Waals surface area contributed by atoms with E-state index in [0.29, 0.717) is 11.8 Å². The summed E-state index contributed by atoms with van der Waals surface area (Å²) in [6, 6.07) is 6.21. The van der Waals surface area contributed by atoms with Crippen LogP contribution in [0, 0.1) is 11.8 Å². The van der Waals surface area contributed by atoms with E-state index in [-0.39, 0.29) is 6.10 Å². The van der Waals surface area contributed by atoms with Crippen molar-refractivity contribution in [2.24, 2.45) is 11.8 Å². The average Bonchev–Trinajstić information content (AvgIpc) is 3.45. The molecule has 166 valence electrons. The molecule has 5 rings (SSSR count). The number of methoxy groups -OCH3 is 1. The first-order valence-electron chi connectivity index (χ1n) is 11.4. The normalized spacial score (nSPS) is 28.5. The number of fused-ring (bicyclic) bond motifs is 1. The third-order valence-electron chi connectivity index (χ3n) is 7.07. The highest BCUT2D eigenvalue weighted by Crippen LogP contribution is 2.40. The summed E-state index contributed by atoms with van der Waals surface area (Å²) < 4.78 is 12.0. The number of ether oxygens (including phenoxy) is 2. The minimum Gasteiger partial charge on any atom is -0.493 e. The number of benzene rings is 1. The molecule has 7 heteroatoms. The van der Waals surface area contributed by atoms with E-state index < -0.39 is 6.10 Å². The second-order valence-electron chi connectivity index (χ2n) is 9.15. The SMILES string of the molecule is COc1cc(CN2CCCC2)ccc1O[C@@H]1C[C@@H]2CN(c3cnccn3)C[C@@H]2C[C@H]1O. The molecule has 3 fully saturated rings. The van der Waals surface area contributed by atoms with Crippen molar-refractivity contribution >= 4 is 5.82 Å². The number of anilines is 1. The summed E-state index contributed by atoms with van der Waals surface area (Å²) in [5.41, 5.74) is 1.24. The van der Waals surface area contributed by atoms with Crippen LogP contribution in [0.2, 0.25) is 0 Å². The van der Waals surface area contributed by atoms with Crippen molar-refractivity contribution in [2.75, 3.05) is 38.2 Å². The first kappa shape index (κ1) is 20.5. The zero-order chi connectivity index (χ0) is 21.2. The maximum Gasteiger partial charge on any atom is 0.161 e. The predicted octanol–water partition coefficient (Wildman–Crippen LogP) is 2.74. The van der Waals surface area contributed by atoms with Crippen molar-refractivity contribution in [3.05, 3.63) is 42.4 Å². The molecule has 0 spiro atoms. The third kappa shape index (κ3) is 4.48. The van der Waals surface area contributed by atoms with Crippen molar-refractivity contribution in [3.8, 4) is 11.5 Å². The van der Waals surface area contributed by atoms with Gasteiger partial charge < -0.3 is 19.5 Å². The number of likely N-dealkylation sites (tertiary alicyclic amines) is 1. The molecule has 4 atom stereocenters. The second kappa shape index (κ2) is 9.01. The van der Waals surface area contributed by atoms with Gasteiger partial charge in [0.25, 0.3) is 0 Å². The average molecular weight is 425 g/mol. The molecule has 2 aromatic rings. The van der Waals surface area contributed by atoms with E-state index in [2.05, 4.69) is 31.9 Å². The Morgan fingerprint density at radius 1 is 1.06 bits per heavy atom. The molecule has 7 nitrogen and oxygen atoms in total. The lowest BCUT2D eigenvalue weighted by molar-refractivity contribution is -0.0240. The summed E-state index contributed by atoms with van der Waals surface area (Å²) in [4.78, 5) is 13.4. The van der Waals surface area contributed by atoms with Gasteiger partial charge in [-0.25, -0.2) is 4.98 Å². The van der Waals surface area contributed by atoms with E-state index in [1.54, 1.807) is 19.5 Å². The number of hydrogen-bond acceptors (Lipinski definition) is 7. The lowest BCUT2D eigenvalue weighted by Gasteiger charge is -2.35. The summed E-state index contributed by atoms with van der Waals surface area (Å²) in [6.07, 6.45) is 8.71. The molecule has 31 heavy (non-hydrogen) atoms. The molecule has 0 bridgehead atoms. The lowest BCUT2D eigenvalue weighted by atomic mass is 9.78. The molecule has 3 aliphatic rings. The quantitative estimate of drug-likeness (QED) is 0.765. The third-order valence-corrected chi connectivity index (χ3v) is 7.07. The van der Waals surface area contributed by atoms with Crippen molar-refractivity contribution in [1.82, 2.24) is 14.9 Å². The predicted molar refractivity (Wildman–Crippen MR) is 118 cm³/mol. The molecular weight excluding hydrogens is 392 g/mol. The molecule has 1 aromatic heterocycles. The van der Waals surface area contributed by atoms with Gasteiger partial charge in [-0.15, -0.1) is 0 Å². The second-order valence-corrected chi connectivity index (χ2v) is 9.15. The Labute approximate surface area is 184 Å². The highest BCUT2D eigenvalue weighted by Gasteiger charge is 2.43. The van der Waals surface area contributed by atoms with Gasteiger partial charge in [0.1, 0.15) is 11.9 Å². The van der Waals surface area contributed by atoms with Crippen LogP contribution in [0.4, 0.5) is 5.82 Å². The topological polar surface area (TPSA) is 71.0 Å². The Hall–Kier alpha value is -2.38. The van der Waals surface area contributed by atoms with Crippen molar-refractivity contribution in [1.29, 1.82) is 0 Å². The van der Waals surface area contributed by atoms with E-state index in [1.165, 1.54) is 31.5 Å². The van der Waals surface area contributed by atoms with Gasteiger partial charge in [-0.2, -0.15) is 0 Å². The summed E-state index contributed by atoms with van der Waals surface area (Å²) in [5, 5.41) is 10.8. The van der Waals surface area contributed by atoms with Crippen LogP contribution in [0.5, 0.6) is 11.5 Å². The van der Waals surface area contributed by atoms with Crippen LogP contribution in [0.1, 0.15) is 31.2 Å². The molecule has 1 aromatic carbocycles. The molecule has 0 amide bonds. The number of aliphatic hydroxyl groups is 1. The minimum atomic E-state index is -0.475. The number of aromatic nitrogens is 2. The fraction of sp³-hybridized carbons (Fsp3) is 0.583.